The van der Waals surface area contributed by atoms with E-state index in [0.29, 0.717) is 103 Å². The first kappa shape index (κ1) is 68.9. The number of hydrogen-bond acceptors (Lipinski definition) is 18. The normalized spacial score (nSPS) is 13.3. The van der Waals surface area contributed by atoms with Crippen molar-refractivity contribution in [2.24, 2.45) is 40.1 Å². The van der Waals surface area contributed by atoms with Crippen LogP contribution in [-0.4, -0.2) is 178 Å². The summed E-state index contributed by atoms with van der Waals surface area (Å²) in [5.41, 5.74) is 40.3. The highest BCUT2D eigenvalue weighted by molar-refractivity contribution is 5.97. The molecule has 0 aliphatic heterocycles. The number of hydrogen-bond donors (Lipinski definition) is 18. The Balaban J connectivity index is 6.16. The van der Waals surface area contributed by atoms with Crippen LogP contribution in [0.1, 0.15) is 116 Å². The first-order valence-corrected chi connectivity index (χ1v) is 25.9. The van der Waals surface area contributed by atoms with Crippen LogP contribution in [0.25, 0.3) is 0 Å². The Hall–Kier alpha value is -6.11. The number of nitrogens with two attached hydrogens (primary N) is 7. The Morgan fingerprint density at radius 3 is 0.787 bits per heavy atom. The number of carboxylic acids is 1. The molecule has 6 atom stereocenters. The number of nitrogens with one attached hydrogen (secondary N) is 10. The molecule has 0 rings (SSSR count). The summed E-state index contributed by atoms with van der Waals surface area (Å²) >= 11 is 0. The van der Waals surface area contributed by atoms with E-state index < -0.39 is 134 Å². The molecule has 0 heterocycles. The quantitative estimate of drug-likeness (QED) is 0.0252. The van der Waals surface area contributed by atoms with Crippen LogP contribution in [0.5, 0.6) is 0 Å². The number of amides is 10. The smallest absolute Gasteiger partial charge is 0.322 e. The van der Waals surface area contributed by atoms with Gasteiger partial charge in [0.1, 0.15) is 36.8 Å². The third-order valence-electron chi connectivity index (χ3n) is 11.4. The molecular weight excluding hydrogens is 983 g/mol. The summed E-state index contributed by atoms with van der Waals surface area (Å²) in [7, 11) is 0. The number of unbranched alkanes of at least 4 members (excludes halogenated alkanes) is 6. The van der Waals surface area contributed by atoms with Gasteiger partial charge in [-0.25, -0.2) is 0 Å². The number of aliphatic carboxylic acids is 1. The van der Waals surface area contributed by atoms with Crippen molar-refractivity contribution in [2.45, 2.75) is 152 Å². The summed E-state index contributed by atoms with van der Waals surface area (Å²) in [6.07, 6.45) is 6.82. The third kappa shape index (κ3) is 34.2. The van der Waals surface area contributed by atoms with Gasteiger partial charge >= 0.3 is 5.97 Å². The van der Waals surface area contributed by atoms with E-state index in [2.05, 4.69) is 47.9 Å². The molecule has 0 unspecified atom stereocenters. The van der Waals surface area contributed by atoms with Gasteiger partial charge in [-0.15, -0.1) is 0 Å². The lowest BCUT2D eigenvalue weighted by atomic mass is 10.0. The molecule has 0 aliphatic rings. The minimum atomic E-state index is -1.28. The molecule has 0 saturated carbocycles. The highest BCUT2D eigenvalue weighted by Crippen LogP contribution is 2.11. The standard InChI is InChI=1S/C46H89N17O12/c47-19-7-1-13-30(53)41(70)59-32(15-3-9-21-49)43(72)61-34(17-5-11-23-51)45(74)63-35(18-6-12-24-52)46(75)62-33(16-4-10-22-50)44(73)60-31(14-2-8-20-48)42(71)58-28-39(67)56-26-37(65)54-25-36(64)55-27-38(66)57-29-40(68)69/h30-35H,1-29,47-53H2,(H,54,65)(H,55,64)(H,56,67)(H,57,66)(H,58,71)(H,59,70)(H,60,73)(H,61,72)(H,62,75)(H,63,74)(H,68,69)/t30-,31-,32-,33-,34-,35-/m0/s1. The zero-order chi connectivity index (χ0) is 56.4. The molecule has 0 aliphatic carbocycles. The summed E-state index contributed by atoms with van der Waals surface area (Å²) in [5, 5.41) is 33.4. The van der Waals surface area contributed by atoms with Crippen LogP contribution < -0.4 is 93.3 Å². The average Bonchev–Trinajstić information content (AvgIpc) is 3.38. The lowest BCUT2D eigenvalue weighted by Gasteiger charge is -2.27. The van der Waals surface area contributed by atoms with Crippen LogP contribution in [0.2, 0.25) is 0 Å². The summed E-state index contributed by atoms with van der Waals surface area (Å²) in [6, 6.07) is -6.79. The van der Waals surface area contributed by atoms with Crippen LogP contribution in [0.3, 0.4) is 0 Å². The largest absolute Gasteiger partial charge is 0.480 e. The Bertz CT molecular complexity index is 1760. The van der Waals surface area contributed by atoms with E-state index in [1.54, 1.807) is 0 Å². The molecule has 0 spiro atoms. The van der Waals surface area contributed by atoms with E-state index >= 15 is 0 Å². The van der Waals surface area contributed by atoms with Crippen molar-refractivity contribution in [1.29, 1.82) is 0 Å². The summed E-state index contributed by atoms with van der Waals surface area (Å²) < 4.78 is 0. The van der Waals surface area contributed by atoms with Gasteiger partial charge in [0.15, 0.2) is 0 Å². The fourth-order valence-electron chi connectivity index (χ4n) is 7.07. The second-order valence-corrected chi connectivity index (χ2v) is 17.8. The van der Waals surface area contributed by atoms with Crippen molar-refractivity contribution in [2.75, 3.05) is 72.0 Å². The van der Waals surface area contributed by atoms with E-state index in [1.165, 1.54) is 0 Å². The van der Waals surface area contributed by atoms with Gasteiger partial charge in [0, 0.05) is 0 Å². The molecular formula is C46H89N17O12. The molecule has 29 nitrogen and oxygen atoms in total. The third-order valence-corrected chi connectivity index (χ3v) is 11.4. The molecule has 0 aromatic heterocycles. The number of rotatable bonds is 45. The van der Waals surface area contributed by atoms with Crippen molar-refractivity contribution < 1.29 is 57.8 Å². The molecule has 75 heavy (non-hydrogen) atoms. The maximum atomic E-state index is 14.2. The molecule has 430 valence electrons. The van der Waals surface area contributed by atoms with Crippen LogP contribution in [0.15, 0.2) is 0 Å². The molecule has 0 aromatic carbocycles. The van der Waals surface area contributed by atoms with E-state index in [4.69, 9.17) is 45.2 Å². The van der Waals surface area contributed by atoms with Crippen molar-refractivity contribution in [1.82, 2.24) is 53.2 Å². The summed E-state index contributed by atoms with van der Waals surface area (Å²) in [4.78, 5) is 142. The molecule has 0 bridgehead atoms. The van der Waals surface area contributed by atoms with Crippen LogP contribution in [0, 0.1) is 0 Å². The van der Waals surface area contributed by atoms with Gasteiger partial charge in [0.2, 0.25) is 59.1 Å². The minimum Gasteiger partial charge on any atom is -0.480 e. The van der Waals surface area contributed by atoms with Gasteiger partial charge in [-0.05, 0) is 148 Å². The Morgan fingerprint density at radius 2 is 0.520 bits per heavy atom. The first-order chi connectivity index (χ1) is 35.9. The SMILES string of the molecule is NCCCC[C@H](NC(=O)[C@H](CCCCN)NC(=O)[C@H](CCCCN)NC(=O)[C@H](CCCCN)NC(=O)[C@H](CCCCN)NC(=O)[C@@H](N)CCCCN)C(=O)NCC(=O)NCC(=O)NCC(=O)NCC(=O)NCC(=O)O. The zero-order valence-corrected chi connectivity index (χ0v) is 43.4. The topological polar surface area (TPSA) is 510 Å². The lowest BCUT2D eigenvalue weighted by Crippen LogP contribution is -2.59. The average molecular weight is 1070 g/mol. The van der Waals surface area contributed by atoms with E-state index in [-0.39, 0.29) is 51.7 Å². The van der Waals surface area contributed by atoms with Crippen molar-refractivity contribution in [3.05, 3.63) is 0 Å². The summed E-state index contributed by atoms with van der Waals surface area (Å²) in [6.45, 7) is -1.03. The monoisotopic (exact) mass is 1070 g/mol. The first-order valence-electron chi connectivity index (χ1n) is 25.9. The second kappa shape index (κ2) is 43.2. The number of carbonyl (C=O) groups is 11. The van der Waals surface area contributed by atoms with Crippen molar-refractivity contribution >= 4 is 65.0 Å². The van der Waals surface area contributed by atoms with Gasteiger partial charge < -0.3 is 98.4 Å². The Labute approximate surface area is 439 Å². The predicted octanol–water partition coefficient (Wildman–Crippen LogP) is -6.82. The lowest BCUT2D eigenvalue weighted by molar-refractivity contribution is -0.138. The zero-order valence-electron chi connectivity index (χ0n) is 43.4. The molecule has 29 heteroatoms. The number of carboxylic acid groups (broad SMARTS) is 1. The van der Waals surface area contributed by atoms with Crippen molar-refractivity contribution in [3.8, 4) is 0 Å². The molecule has 0 fully saturated rings. The van der Waals surface area contributed by atoms with Crippen LogP contribution >= 0.6 is 0 Å². The van der Waals surface area contributed by atoms with Gasteiger partial charge in [-0.2, -0.15) is 0 Å². The van der Waals surface area contributed by atoms with Crippen LogP contribution in [-0.2, 0) is 52.7 Å². The van der Waals surface area contributed by atoms with E-state index in [0.717, 1.165) is 0 Å². The second-order valence-electron chi connectivity index (χ2n) is 17.8. The molecule has 0 saturated heterocycles. The van der Waals surface area contributed by atoms with Gasteiger partial charge in [0.25, 0.3) is 0 Å². The fourth-order valence-corrected chi connectivity index (χ4v) is 7.07. The molecule has 0 radical (unpaired) electrons. The summed E-state index contributed by atoms with van der Waals surface area (Å²) in [5.74, 6) is -8.54. The maximum Gasteiger partial charge on any atom is 0.322 e. The van der Waals surface area contributed by atoms with Gasteiger partial charge in [-0.3, -0.25) is 52.7 Å². The fraction of sp³-hybridized carbons (Fsp3) is 0.761. The van der Waals surface area contributed by atoms with E-state index in [1.807, 2.05) is 5.32 Å². The number of carbonyl (C=O) groups excluding carboxylic acids is 10. The highest BCUT2D eigenvalue weighted by Gasteiger charge is 2.33. The van der Waals surface area contributed by atoms with Gasteiger partial charge in [0.05, 0.1) is 32.2 Å². The Morgan fingerprint density at radius 1 is 0.293 bits per heavy atom. The highest BCUT2D eigenvalue weighted by atomic mass is 16.4. The van der Waals surface area contributed by atoms with Gasteiger partial charge in [-0.1, -0.05) is 6.42 Å². The Kier molecular flexibility index (Phi) is 39.6. The van der Waals surface area contributed by atoms with E-state index in [9.17, 15) is 52.7 Å². The minimum absolute atomic E-state index is 0.0787. The molecule has 10 amide bonds. The van der Waals surface area contributed by atoms with Crippen molar-refractivity contribution in [3.63, 3.8) is 0 Å². The predicted molar refractivity (Wildman–Crippen MR) is 278 cm³/mol. The van der Waals surface area contributed by atoms with Crippen LogP contribution in [0.4, 0.5) is 0 Å². The maximum absolute atomic E-state index is 14.2. The molecule has 25 N–H and O–H groups in total. The molecule has 0 aromatic rings.